The first-order valence-electron chi connectivity index (χ1n) is 7.05. The molecule has 0 aliphatic carbocycles. The van der Waals surface area contributed by atoms with Gasteiger partial charge in [-0.2, -0.15) is 0 Å². The van der Waals surface area contributed by atoms with Crippen LogP contribution in [0.5, 0.6) is 0 Å². The van der Waals surface area contributed by atoms with Gasteiger partial charge in [-0.15, -0.1) is 23.7 Å². The average Bonchev–Trinajstić information content (AvgIpc) is 2.93. The molecule has 0 aromatic carbocycles. The molecule has 0 saturated carbocycles. The van der Waals surface area contributed by atoms with Crippen molar-refractivity contribution in [1.29, 1.82) is 0 Å². The van der Waals surface area contributed by atoms with Crippen molar-refractivity contribution in [2.75, 3.05) is 36.8 Å². The fourth-order valence-corrected chi connectivity index (χ4v) is 3.20. The van der Waals surface area contributed by atoms with Gasteiger partial charge in [0, 0.05) is 50.0 Å². The number of hydrogen-bond acceptors (Lipinski definition) is 7. The smallest absolute Gasteiger partial charge is 0.250 e. The number of carbonyl (C=O) groups excluding carboxylic acids is 1. The molecule has 2 aromatic heterocycles. The average molecular weight is 355 g/mol. The van der Waals surface area contributed by atoms with E-state index in [0.717, 1.165) is 38.5 Å². The number of rotatable bonds is 4. The van der Waals surface area contributed by atoms with Crippen LogP contribution in [0.1, 0.15) is 15.2 Å². The van der Waals surface area contributed by atoms with Gasteiger partial charge in [0.25, 0.3) is 0 Å². The third kappa shape index (κ3) is 4.31. The van der Waals surface area contributed by atoms with E-state index in [-0.39, 0.29) is 12.4 Å². The molecule has 1 saturated heterocycles. The van der Waals surface area contributed by atoms with Crippen LogP contribution in [-0.2, 0) is 6.54 Å². The van der Waals surface area contributed by atoms with Crippen molar-refractivity contribution < 1.29 is 4.79 Å². The molecule has 0 unspecified atom stereocenters. The molecule has 3 heterocycles. The molecule has 0 atom stereocenters. The lowest BCUT2D eigenvalue weighted by Gasteiger charge is -2.35. The number of nitrogens with two attached hydrogens (primary N) is 2. The van der Waals surface area contributed by atoms with E-state index in [1.54, 1.807) is 6.07 Å². The first-order valence-corrected chi connectivity index (χ1v) is 7.87. The second-order valence-corrected chi connectivity index (χ2v) is 6.34. The minimum atomic E-state index is -0.451. The number of halogens is 1. The van der Waals surface area contributed by atoms with Crippen molar-refractivity contribution in [3.8, 4) is 0 Å². The van der Waals surface area contributed by atoms with Gasteiger partial charge in [0.15, 0.2) is 5.13 Å². The summed E-state index contributed by atoms with van der Waals surface area (Å²) in [4.78, 5) is 25.2. The summed E-state index contributed by atoms with van der Waals surface area (Å²) in [5.74, 6) is 0.430. The van der Waals surface area contributed by atoms with E-state index in [9.17, 15) is 4.79 Å². The van der Waals surface area contributed by atoms with Crippen molar-refractivity contribution >= 4 is 40.6 Å². The van der Waals surface area contributed by atoms with E-state index < -0.39 is 5.91 Å². The van der Waals surface area contributed by atoms with E-state index in [1.807, 2.05) is 12.3 Å². The van der Waals surface area contributed by atoms with Crippen LogP contribution in [0, 0.1) is 0 Å². The molecule has 3 rings (SSSR count). The van der Waals surface area contributed by atoms with E-state index in [4.69, 9.17) is 11.5 Å². The predicted octanol–water partition coefficient (Wildman–Crippen LogP) is 0.963. The monoisotopic (exact) mass is 354 g/mol. The Hall–Kier alpha value is -1.90. The Morgan fingerprint density at radius 2 is 1.91 bits per heavy atom. The highest BCUT2D eigenvalue weighted by Crippen LogP contribution is 2.19. The van der Waals surface area contributed by atoms with Crippen molar-refractivity contribution in [2.24, 2.45) is 5.73 Å². The van der Waals surface area contributed by atoms with Gasteiger partial charge < -0.3 is 16.4 Å². The minimum absolute atomic E-state index is 0. The molecule has 1 fully saturated rings. The van der Waals surface area contributed by atoms with E-state index in [2.05, 4.69) is 19.8 Å². The highest BCUT2D eigenvalue weighted by Gasteiger charge is 2.19. The van der Waals surface area contributed by atoms with Crippen LogP contribution in [0.2, 0.25) is 0 Å². The number of piperazine rings is 1. The summed E-state index contributed by atoms with van der Waals surface area (Å²) in [6.07, 6.45) is 3.38. The molecule has 1 amide bonds. The fraction of sp³-hybridized carbons (Fsp3) is 0.357. The molecule has 0 bridgehead atoms. The zero-order chi connectivity index (χ0) is 15.5. The lowest BCUT2D eigenvalue weighted by Crippen LogP contribution is -2.46. The van der Waals surface area contributed by atoms with Gasteiger partial charge in [-0.05, 0) is 12.1 Å². The lowest BCUT2D eigenvalue weighted by molar-refractivity contribution is 0.1000. The summed E-state index contributed by atoms with van der Waals surface area (Å²) in [6, 6.07) is 3.57. The summed E-state index contributed by atoms with van der Waals surface area (Å²) >= 11 is 1.54. The molecule has 4 N–H and O–H groups in total. The topological polar surface area (TPSA) is 101 Å². The predicted molar refractivity (Wildman–Crippen MR) is 94.0 cm³/mol. The van der Waals surface area contributed by atoms with Crippen LogP contribution in [0.25, 0.3) is 0 Å². The van der Waals surface area contributed by atoms with Crippen LogP contribution in [0.3, 0.4) is 0 Å². The van der Waals surface area contributed by atoms with Gasteiger partial charge in [-0.3, -0.25) is 9.69 Å². The summed E-state index contributed by atoms with van der Waals surface area (Å²) < 4.78 is 0. The molecule has 0 radical (unpaired) electrons. The van der Waals surface area contributed by atoms with Crippen LogP contribution < -0.4 is 16.4 Å². The first kappa shape index (κ1) is 17.5. The van der Waals surface area contributed by atoms with E-state index >= 15 is 0 Å². The van der Waals surface area contributed by atoms with Crippen molar-refractivity contribution in [3.63, 3.8) is 0 Å². The maximum absolute atomic E-state index is 11.1. The van der Waals surface area contributed by atoms with Crippen LogP contribution in [0.4, 0.5) is 10.9 Å². The zero-order valence-corrected chi connectivity index (χ0v) is 14.1. The Labute approximate surface area is 144 Å². The third-order valence-corrected chi connectivity index (χ3v) is 4.49. The number of pyridine rings is 1. The largest absolute Gasteiger partial charge is 0.375 e. The van der Waals surface area contributed by atoms with E-state index in [0.29, 0.717) is 10.7 Å². The minimum Gasteiger partial charge on any atom is -0.375 e. The zero-order valence-electron chi connectivity index (χ0n) is 12.5. The SMILES string of the molecule is Cl.NC(=O)c1ccc(N2CCN(Cc3cnc(N)s3)CC2)nc1. The first-order chi connectivity index (χ1) is 10.6. The maximum atomic E-state index is 11.1. The Bertz CT molecular complexity index is 654. The van der Waals surface area contributed by atoms with Gasteiger partial charge in [0.2, 0.25) is 5.91 Å². The van der Waals surface area contributed by atoms with Gasteiger partial charge in [0.1, 0.15) is 5.82 Å². The molecule has 124 valence electrons. The molecule has 9 heteroatoms. The molecule has 1 aliphatic heterocycles. The summed E-state index contributed by atoms with van der Waals surface area (Å²) in [6.45, 7) is 4.60. The number of thiazole rings is 1. The van der Waals surface area contributed by atoms with Crippen molar-refractivity contribution in [3.05, 3.63) is 35.0 Å². The number of nitrogen functional groups attached to an aromatic ring is 1. The number of anilines is 2. The molecule has 2 aromatic rings. The number of nitrogens with zero attached hydrogens (tertiary/aromatic N) is 4. The van der Waals surface area contributed by atoms with E-state index in [1.165, 1.54) is 22.4 Å². The lowest BCUT2D eigenvalue weighted by atomic mass is 10.2. The van der Waals surface area contributed by atoms with Crippen molar-refractivity contribution in [1.82, 2.24) is 14.9 Å². The quantitative estimate of drug-likeness (QED) is 0.848. The molecule has 23 heavy (non-hydrogen) atoms. The van der Waals surface area contributed by atoms with Gasteiger partial charge in [-0.1, -0.05) is 0 Å². The summed E-state index contributed by atoms with van der Waals surface area (Å²) in [5.41, 5.74) is 11.3. The van der Waals surface area contributed by atoms with Crippen molar-refractivity contribution in [2.45, 2.75) is 6.54 Å². The number of amides is 1. The molecular formula is C14H19ClN6OS. The fourth-order valence-electron chi connectivity index (χ4n) is 2.47. The van der Waals surface area contributed by atoms with Crippen LogP contribution in [-0.4, -0.2) is 47.0 Å². The third-order valence-electron chi connectivity index (χ3n) is 3.68. The van der Waals surface area contributed by atoms with Gasteiger partial charge in [0.05, 0.1) is 5.56 Å². The van der Waals surface area contributed by atoms with Gasteiger partial charge >= 0.3 is 0 Å². The molecule has 1 aliphatic rings. The number of carbonyl (C=O) groups is 1. The second-order valence-electron chi connectivity index (χ2n) is 5.20. The maximum Gasteiger partial charge on any atom is 0.250 e. The molecule has 7 nitrogen and oxygen atoms in total. The number of hydrogen-bond donors (Lipinski definition) is 2. The highest BCUT2D eigenvalue weighted by molar-refractivity contribution is 7.15. The Kier molecular flexibility index (Phi) is 5.75. The number of aromatic nitrogens is 2. The standard InChI is InChI=1S/C14H18N6OS.ClH/c15-13(21)10-1-2-12(17-7-10)20-5-3-19(4-6-20)9-11-8-18-14(16)22-11;/h1-2,7-8H,3-6,9H2,(H2,15,21)(H2,16,18);1H. The Morgan fingerprint density at radius 3 is 2.43 bits per heavy atom. The Morgan fingerprint density at radius 1 is 1.17 bits per heavy atom. The normalized spacial score (nSPS) is 15.2. The second kappa shape index (κ2) is 7.58. The van der Waals surface area contributed by atoms with Crippen LogP contribution in [0.15, 0.2) is 24.5 Å². The Balaban J connectivity index is 0.00000192. The van der Waals surface area contributed by atoms with Gasteiger partial charge in [-0.25, -0.2) is 9.97 Å². The van der Waals surface area contributed by atoms with Crippen LogP contribution >= 0.6 is 23.7 Å². The number of primary amides is 1. The molecular weight excluding hydrogens is 336 g/mol. The molecule has 0 spiro atoms. The summed E-state index contributed by atoms with van der Waals surface area (Å²) in [5, 5.41) is 0.618. The summed E-state index contributed by atoms with van der Waals surface area (Å²) in [7, 11) is 0. The highest BCUT2D eigenvalue weighted by atomic mass is 35.5.